The van der Waals surface area contributed by atoms with E-state index in [0.717, 1.165) is 17.7 Å². The first-order valence-electron chi connectivity index (χ1n) is 16.3. The van der Waals surface area contributed by atoms with Crippen molar-refractivity contribution in [3.8, 4) is 51.7 Å². The van der Waals surface area contributed by atoms with Crippen molar-refractivity contribution in [2.24, 2.45) is 0 Å². The van der Waals surface area contributed by atoms with Crippen LogP contribution in [0.2, 0.25) is 0 Å². The summed E-state index contributed by atoms with van der Waals surface area (Å²) in [5, 5.41) is 95.1. The quantitative estimate of drug-likeness (QED) is 0.0714. The monoisotopic (exact) mass is 698 g/mol. The number of ether oxygens (including phenoxy) is 1. The third kappa shape index (κ3) is 6.83. The summed E-state index contributed by atoms with van der Waals surface area (Å²) in [7, 11) is 0. The van der Waals surface area contributed by atoms with Crippen LogP contribution in [0.4, 0.5) is 0 Å². The molecule has 6 aromatic rings. The zero-order chi connectivity index (χ0) is 36.7. The minimum Gasteiger partial charge on any atom is -0.508 e. The fraction of sp³-hybridized carbons (Fsp3) is 0.0952. The Bertz CT molecular complexity index is 2240. The molecule has 4 unspecified atom stereocenters. The Morgan fingerprint density at radius 3 is 1.60 bits per heavy atom. The molecular weight excluding hydrogens is 664 g/mol. The maximum Gasteiger partial charge on any atom is 0.135 e. The second kappa shape index (κ2) is 13.5. The van der Waals surface area contributed by atoms with E-state index in [1.165, 1.54) is 54.6 Å². The molecule has 10 nitrogen and oxygen atoms in total. The Balaban J connectivity index is 1.44. The Morgan fingerprint density at radius 1 is 0.500 bits per heavy atom. The summed E-state index contributed by atoms with van der Waals surface area (Å²) in [4.78, 5) is 0. The normalized spacial score (nSPS) is 16.5. The van der Waals surface area contributed by atoms with Crippen molar-refractivity contribution in [1.82, 2.24) is 0 Å². The molecule has 1 heterocycles. The highest BCUT2D eigenvalue weighted by Gasteiger charge is 2.38. The zero-order valence-electron chi connectivity index (χ0n) is 27.4. The lowest BCUT2D eigenvalue weighted by atomic mass is 9.79. The topological polar surface area (TPSA) is 191 Å². The van der Waals surface area contributed by atoms with Gasteiger partial charge in [-0.25, -0.2) is 0 Å². The van der Waals surface area contributed by atoms with E-state index in [2.05, 4.69) is 0 Å². The van der Waals surface area contributed by atoms with Gasteiger partial charge in [-0.15, -0.1) is 0 Å². The van der Waals surface area contributed by atoms with Crippen LogP contribution in [-0.4, -0.2) is 46.0 Å². The van der Waals surface area contributed by atoms with Crippen molar-refractivity contribution >= 4 is 11.6 Å². The first-order valence-corrected chi connectivity index (χ1v) is 16.3. The molecule has 4 atom stereocenters. The molecule has 9 N–H and O–H groups in total. The number of aliphatic hydroxyl groups excluding tert-OH is 1. The minimum atomic E-state index is -1.34. The summed E-state index contributed by atoms with van der Waals surface area (Å²) < 4.78 is 6.46. The molecule has 0 bridgehead atoms. The van der Waals surface area contributed by atoms with Crippen molar-refractivity contribution in [1.29, 1.82) is 0 Å². The first kappa shape index (κ1) is 33.7. The van der Waals surface area contributed by atoms with Crippen LogP contribution in [0, 0.1) is 0 Å². The highest BCUT2D eigenvalue weighted by atomic mass is 16.5. The molecule has 1 aliphatic rings. The Kier molecular flexibility index (Phi) is 8.75. The van der Waals surface area contributed by atoms with Gasteiger partial charge in [0, 0.05) is 29.7 Å². The molecule has 7 rings (SSSR count). The van der Waals surface area contributed by atoms with Crippen molar-refractivity contribution in [3.63, 3.8) is 0 Å². The number of hydrogen-bond acceptors (Lipinski definition) is 10. The van der Waals surface area contributed by atoms with Gasteiger partial charge in [-0.1, -0.05) is 36.4 Å². The summed E-state index contributed by atoms with van der Waals surface area (Å²) in [5.74, 6) is -2.29. The molecule has 0 amide bonds. The molecule has 0 aliphatic carbocycles. The SMILES string of the molecule is Oc1ccc(C(O)C(C(=Cc2ccc3c(c2)C(c2cc(O)cc(O)c2)C(c2ccc(O)cc2)O3)c2cc(O)cc(O)c2)c2cc(O)cc(O)c2)cc1. The molecule has 10 heteroatoms. The predicted molar refractivity (Wildman–Crippen MR) is 193 cm³/mol. The number of hydrogen-bond donors (Lipinski definition) is 9. The third-order valence-electron chi connectivity index (χ3n) is 9.16. The van der Waals surface area contributed by atoms with Crippen LogP contribution in [-0.2, 0) is 0 Å². The number of benzene rings is 6. The Morgan fingerprint density at radius 2 is 1.02 bits per heavy atom. The van der Waals surface area contributed by atoms with E-state index in [-0.39, 0.29) is 46.0 Å². The molecule has 1 aliphatic heterocycles. The molecule has 6 aromatic carbocycles. The van der Waals surface area contributed by atoms with E-state index in [1.807, 2.05) is 6.07 Å². The van der Waals surface area contributed by atoms with Crippen molar-refractivity contribution < 1.29 is 50.7 Å². The minimum absolute atomic E-state index is 0.0169. The van der Waals surface area contributed by atoms with Gasteiger partial charge >= 0.3 is 0 Å². The molecule has 0 spiro atoms. The Labute approximate surface area is 297 Å². The van der Waals surface area contributed by atoms with Crippen LogP contribution in [0.25, 0.3) is 11.6 Å². The number of aliphatic hydroxyl groups is 1. The number of phenolic OH excluding ortho intramolecular Hbond substituents is 8. The van der Waals surface area contributed by atoms with Gasteiger partial charge < -0.3 is 50.7 Å². The first-order chi connectivity index (χ1) is 24.9. The fourth-order valence-corrected chi connectivity index (χ4v) is 6.94. The molecule has 0 saturated heterocycles. The van der Waals surface area contributed by atoms with Crippen LogP contribution in [0.5, 0.6) is 51.7 Å². The lowest BCUT2D eigenvalue weighted by Crippen LogP contribution is -2.13. The van der Waals surface area contributed by atoms with Crippen molar-refractivity contribution in [2.75, 3.05) is 0 Å². The van der Waals surface area contributed by atoms with Gasteiger partial charge in [-0.3, -0.25) is 0 Å². The van der Waals surface area contributed by atoms with E-state index >= 15 is 0 Å². The van der Waals surface area contributed by atoms with Crippen LogP contribution in [0.15, 0.2) is 121 Å². The maximum absolute atomic E-state index is 12.0. The fourth-order valence-electron chi connectivity index (χ4n) is 6.94. The van der Waals surface area contributed by atoms with E-state index in [4.69, 9.17) is 4.74 Å². The van der Waals surface area contributed by atoms with E-state index in [0.29, 0.717) is 44.7 Å². The molecule has 262 valence electrons. The van der Waals surface area contributed by atoms with Crippen LogP contribution in [0.3, 0.4) is 0 Å². The summed E-state index contributed by atoms with van der Waals surface area (Å²) in [6.45, 7) is 0. The standard InChI is InChI=1S/C42H34O10/c43-28-6-2-23(3-7-28)41(51)39(26-15-32(47)20-33(48)16-26)36(25-13-30(45)19-31(46)14-25)11-22-1-10-38-37(12-22)40(27-17-34(49)21-35(50)18-27)42(52-38)24-4-8-29(44)9-5-24/h1-21,39-51H. The summed E-state index contributed by atoms with van der Waals surface area (Å²) in [6, 6.07) is 30.1. The number of fused-ring (bicyclic) bond motifs is 1. The molecule has 0 saturated carbocycles. The maximum atomic E-state index is 12.0. The molecule has 0 radical (unpaired) electrons. The number of aromatic hydroxyl groups is 8. The zero-order valence-corrected chi connectivity index (χ0v) is 27.4. The van der Waals surface area contributed by atoms with Crippen LogP contribution < -0.4 is 4.74 Å². The number of rotatable bonds is 8. The van der Waals surface area contributed by atoms with E-state index in [9.17, 15) is 46.0 Å². The predicted octanol–water partition coefficient (Wildman–Crippen LogP) is 7.66. The lowest BCUT2D eigenvalue weighted by Gasteiger charge is -2.28. The highest BCUT2D eigenvalue weighted by Crippen LogP contribution is 2.52. The molecular formula is C42H34O10. The van der Waals surface area contributed by atoms with Gasteiger partial charge in [-0.2, -0.15) is 0 Å². The van der Waals surface area contributed by atoms with Gasteiger partial charge in [0.05, 0.1) is 12.0 Å². The molecule has 0 aromatic heterocycles. The van der Waals surface area contributed by atoms with Crippen LogP contribution >= 0.6 is 0 Å². The Hall–Kier alpha value is -6.78. The smallest absolute Gasteiger partial charge is 0.135 e. The van der Waals surface area contributed by atoms with Crippen LogP contribution in [0.1, 0.15) is 63.0 Å². The van der Waals surface area contributed by atoms with Gasteiger partial charge in [0.15, 0.2) is 0 Å². The second-order valence-electron chi connectivity index (χ2n) is 12.8. The van der Waals surface area contributed by atoms with Gasteiger partial charge in [0.1, 0.15) is 57.8 Å². The highest BCUT2D eigenvalue weighted by molar-refractivity contribution is 5.87. The molecule has 52 heavy (non-hydrogen) atoms. The van der Waals surface area contributed by atoms with Gasteiger partial charge in [0.2, 0.25) is 0 Å². The molecule has 0 fully saturated rings. The third-order valence-corrected chi connectivity index (χ3v) is 9.16. The van der Waals surface area contributed by atoms with Gasteiger partial charge in [-0.05, 0) is 112 Å². The second-order valence-corrected chi connectivity index (χ2v) is 12.8. The largest absolute Gasteiger partial charge is 0.508 e. The van der Waals surface area contributed by atoms with Crippen molar-refractivity contribution in [2.45, 2.75) is 24.0 Å². The number of phenols is 8. The van der Waals surface area contributed by atoms with Gasteiger partial charge in [0.25, 0.3) is 0 Å². The summed E-state index contributed by atoms with van der Waals surface area (Å²) in [5.41, 5.74) is 3.96. The lowest BCUT2D eigenvalue weighted by molar-refractivity contribution is 0.165. The average molecular weight is 699 g/mol. The van der Waals surface area contributed by atoms with E-state index < -0.39 is 24.0 Å². The van der Waals surface area contributed by atoms with E-state index in [1.54, 1.807) is 54.6 Å². The average Bonchev–Trinajstić information content (AvgIpc) is 3.46. The summed E-state index contributed by atoms with van der Waals surface area (Å²) in [6.07, 6.45) is -0.204. The van der Waals surface area contributed by atoms with Crippen molar-refractivity contribution in [3.05, 3.63) is 160 Å². The summed E-state index contributed by atoms with van der Waals surface area (Å²) >= 11 is 0.